The number of halogens is 2. The van der Waals surface area contributed by atoms with Gasteiger partial charge in [-0.2, -0.15) is 16.8 Å². The van der Waals surface area contributed by atoms with Gasteiger partial charge in [0.1, 0.15) is 0 Å². The third-order valence-electron chi connectivity index (χ3n) is 4.50. The fourth-order valence-corrected chi connectivity index (χ4v) is 6.01. The summed E-state index contributed by atoms with van der Waals surface area (Å²) in [5, 5.41) is 12.1. The molecule has 0 radical (unpaired) electrons. The van der Waals surface area contributed by atoms with Gasteiger partial charge in [-0.3, -0.25) is 8.37 Å². The van der Waals surface area contributed by atoms with Gasteiger partial charge in [0.15, 0.2) is 0 Å². The Morgan fingerprint density at radius 3 is 1.50 bits per heavy atom. The normalized spacial score (nSPS) is 15.8. The monoisotopic (exact) mass is 707 g/mol. The van der Waals surface area contributed by atoms with Crippen LogP contribution in [0, 0.1) is 7.43 Å². The van der Waals surface area contributed by atoms with Crippen LogP contribution < -0.4 is 5.32 Å². The smallest absolute Gasteiger partial charge is 0.289 e. The van der Waals surface area contributed by atoms with E-state index in [2.05, 4.69) is 21.0 Å². The Kier molecular flexibility index (Phi) is 33.1. The van der Waals surface area contributed by atoms with Crippen molar-refractivity contribution in [2.75, 3.05) is 50.1 Å². The van der Waals surface area contributed by atoms with E-state index in [1.165, 1.54) is 51.6 Å². The first kappa shape index (κ1) is 48.9. The number of aliphatic hydroxyl groups is 1. The summed E-state index contributed by atoms with van der Waals surface area (Å²) in [7, 11) is -5.39. The molecule has 0 spiro atoms. The maximum absolute atomic E-state index is 11.4. The number of piperidine rings is 2. The second-order valence-corrected chi connectivity index (χ2v) is 16.5. The first-order chi connectivity index (χ1) is 18.8. The van der Waals surface area contributed by atoms with Crippen LogP contribution in [-0.2, 0) is 37.7 Å². The SMILES string of the molecule is C1CCNCC1.C=CS(=O)(=O)OC(C)C.CC(C)O.CC(C)OS(=O)(=O)CCN1CCCCC1.O=S(=O)(Cl)CCCl.[CH3-]. The van der Waals surface area contributed by atoms with Crippen molar-refractivity contribution in [2.24, 2.45) is 0 Å². The van der Waals surface area contributed by atoms with Crippen molar-refractivity contribution in [1.29, 1.82) is 0 Å². The summed E-state index contributed by atoms with van der Waals surface area (Å²) in [4.78, 5) is 2.20. The Bertz CT molecular complexity index is 922. The molecule has 0 aromatic rings. The maximum atomic E-state index is 11.4. The summed E-state index contributed by atoms with van der Waals surface area (Å²) in [5.74, 6) is 0.0210. The van der Waals surface area contributed by atoms with Gasteiger partial charge in [-0.1, -0.05) is 19.4 Å². The molecular weight excluding hydrogens is 651 g/mol. The second-order valence-electron chi connectivity index (χ2n) is 9.95. The van der Waals surface area contributed by atoms with Crippen LogP contribution in [0.15, 0.2) is 12.0 Å². The van der Waals surface area contributed by atoms with Gasteiger partial charge in [0, 0.05) is 29.2 Å². The van der Waals surface area contributed by atoms with Crippen molar-refractivity contribution in [1.82, 2.24) is 10.2 Å². The van der Waals surface area contributed by atoms with Gasteiger partial charge in [0.2, 0.25) is 9.05 Å². The minimum atomic E-state index is -3.45. The molecule has 11 nitrogen and oxygen atoms in total. The van der Waals surface area contributed by atoms with Crippen molar-refractivity contribution in [3.8, 4) is 0 Å². The Labute approximate surface area is 267 Å². The molecule has 258 valence electrons. The van der Waals surface area contributed by atoms with E-state index in [0.717, 1.165) is 18.5 Å². The Morgan fingerprint density at radius 2 is 1.26 bits per heavy atom. The van der Waals surface area contributed by atoms with Crippen LogP contribution in [0.5, 0.6) is 0 Å². The van der Waals surface area contributed by atoms with E-state index in [0.29, 0.717) is 6.54 Å². The minimum Gasteiger partial charge on any atom is -0.394 e. The van der Waals surface area contributed by atoms with E-state index >= 15 is 0 Å². The molecule has 2 saturated heterocycles. The molecule has 0 aromatic carbocycles. The lowest BCUT2D eigenvalue weighted by Crippen LogP contribution is -2.34. The van der Waals surface area contributed by atoms with Gasteiger partial charge in [-0.25, -0.2) is 8.42 Å². The van der Waals surface area contributed by atoms with Crippen LogP contribution in [0.25, 0.3) is 0 Å². The number of aliphatic hydroxyl groups excluding tert-OH is 1. The predicted molar refractivity (Wildman–Crippen MR) is 176 cm³/mol. The third-order valence-corrected chi connectivity index (χ3v) is 8.49. The molecule has 0 unspecified atom stereocenters. The number of alkyl halides is 1. The van der Waals surface area contributed by atoms with E-state index in [1.807, 2.05) is 0 Å². The van der Waals surface area contributed by atoms with E-state index < -0.39 is 29.3 Å². The highest BCUT2D eigenvalue weighted by Gasteiger charge is 2.17. The van der Waals surface area contributed by atoms with Gasteiger partial charge < -0.3 is 22.7 Å². The first-order valence-electron chi connectivity index (χ1n) is 13.8. The maximum Gasteiger partial charge on any atom is 0.289 e. The van der Waals surface area contributed by atoms with Crippen molar-refractivity contribution in [3.63, 3.8) is 0 Å². The Balaban J connectivity index is -0.000000231. The van der Waals surface area contributed by atoms with Crippen molar-refractivity contribution in [3.05, 3.63) is 19.4 Å². The summed E-state index contributed by atoms with van der Waals surface area (Å²) < 4.78 is 72.9. The third kappa shape index (κ3) is 44.4. The zero-order valence-electron chi connectivity index (χ0n) is 26.6. The summed E-state index contributed by atoms with van der Waals surface area (Å²) >= 11 is 5.02. The molecule has 42 heavy (non-hydrogen) atoms. The van der Waals surface area contributed by atoms with E-state index in [1.54, 1.807) is 41.5 Å². The number of hydrogen-bond acceptors (Lipinski definition) is 11. The average molecular weight is 709 g/mol. The minimum absolute atomic E-state index is 0. The van der Waals surface area contributed by atoms with E-state index in [4.69, 9.17) is 31.6 Å². The van der Waals surface area contributed by atoms with E-state index in [-0.39, 0.29) is 43.1 Å². The molecule has 0 aromatic heterocycles. The highest BCUT2D eigenvalue weighted by atomic mass is 35.7. The summed E-state index contributed by atoms with van der Waals surface area (Å²) in [5.41, 5.74) is 0. The van der Waals surface area contributed by atoms with Crippen molar-refractivity contribution >= 4 is 51.6 Å². The zero-order chi connectivity index (χ0) is 32.5. The van der Waals surface area contributed by atoms with Gasteiger partial charge >= 0.3 is 0 Å². The van der Waals surface area contributed by atoms with Gasteiger partial charge in [0.25, 0.3) is 20.2 Å². The molecule has 0 aliphatic carbocycles. The standard InChI is InChI=1S/C10H21NO3S.C5H11N.C5H10O3S.C3H8O.C2H4Cl2O2S.CH3/c1-10(2)14-15(12,13)9-8-11-6-4-3-5-7-11;1-2-4-6-5-3-1;1-4-9(6,7)8-5(2)3;1-3(2)4;3-1-2-7(4,5)6;/h10H,3-9H2,1-2H3;6H,1-5H2;4-5H,1H2,2-3H3;3-4H,1-2H3;1-2H2;1H3/q;;;;;-1. The zero-order valence-corrected chi connectivity index (χ0v) is 30.5. The largest absolute Gasteiger partial charge is 0.394 e. The molecule has 0 saturated carbocycles. The topological polar surface area (TPSA) is 156 Å². The molecule has 16 heteroatoms. The van der Waals surface area contributed by atoms with Crippen LogP contribution in [-0.4, -0.2) is 104 Å². The molecule has 2 rings (SSSR count). The second kappa shape index (κ2) is 28.4. The quantitative estimate of drug-likeness (QED) is 0.143. The number of likely N-dealkylation sites (tertiary alicyclic amines) is 1. The highest BCUT2D eigenvalue weighted by Crippen LogP contribution is 2.09. The molecule has 2 N–H and O–H groups in total. The fraction of sp³-hybridized carbons (Fsp3) is 0.885. The molecule has 2 heterocycles. The number of nitrogens with zero attached hydrogens (tertiary/aromatic N) is 1. The summed E-state index contributed by atoms with van der Waals surface area (Å²) in [6.45, 7) is 18.4. The van der Waals surface area contributed by atoms with E-state index in [9.17, 15) is 25.3 Å². The van der Waals surface area contributed by atoms with Crippen molar-refractivity contribution in [2.45, 2.75) is 98.4 Å². The first-order valence-corrected chi connectivity index (χ1v) is 19.9. The van der Waals surface area contributed by atoms with Gasteiger partial charge in [-0.15, -0.1) is 11.6 Å². The fourth-order valence-electron chi connectivity index (χ4n) is 2.97. The number of rotatable bonds is 10. The lowest BCUT2D eigenvalue weighted by Gasteiger charge is -2.26. The van der Waals surface area contributed by atoms with Crippen LogP contribution in [0.1, 0.15) is 80.1 Å². The predicted octanol–water partition coefficient (Wildman–Crippen LogP) is 4.50. The lowest BCUT2D eigenvalue weighted by molar-refractivity contribution is 0.216. The van der Waals surface area contributed by atoms with Crippen molar-refractivity contribution < 1.29 is 38.7 Å². The molecular formula is C26H57Cl2N2O9S3-. The molecule has 0 bridgehead atoms. The van der Waals surface area contributed by atoms with Gasteiger partial charge in [-0.05, 0) is 93.4 Å². The highest BCUT2D eigenvalue weighted by molar-refractivity contribution is 8.13. The van der Waals surface area contributed by atoms with Crippen LogP contribution >= 0.6 is 22.3 Å². The molecule has 0 atom stereocenters. The average Bonchev–Trinajstić information content (AvgIpc) is 2.83. The molecule has 2 aliphatic rings. The Hall–Kier alpha value is -0.0300. The molecule has 2 fully saturated rings. The van der Waals surface area contributed by atoms with Gasteiger partial charge in [0.05, 0.1) is 29.1 Å². The lowest BCUT2D eigenvalue weighted by atomic mass is 10.1. The molecule has 2 aliphatic heterocycles. The molecule has 0 amide bonds. The number of hydrogen-bond donors (Lipinski definition) is 2. The number of nitrogens with one attached hydrogen (secondary N) is 1. The van der Waals surface area contributed by atoms with Crippen LogP contribution in [0.4, 0.5) is 0 Å². The summed E-state index contributed by atoms with van der Waals surface area (Å²) in [6.07, 6.45) is 7.12. The van der Waals surface area contributed by atoms with Crippen LogP contribution in [0.3, 0.4) is 0 Å². The van der Waals surface area contributed by atoms with Crippen LogP contribution in [0.2, 0.25) is 0 Å². The Morgan fingerprint density at radius 1 is 0.833 bits per heavy atom. The summed E-state index contributed by atoms with van der Waals surface area (Å²) in [6, 6.07) is 0.